The molecule has 1 aliphatic rings. The van der Waals surface area contributed by atoms with Gasteiger partial charge in [-0.05, 0) is 31.1 Å². The van der Waals surface area contributed by atoms with E-state index in [0.29, 0.717) is 31.5 Å². The largest absolute Gasteiger partial charge is 0.339 e. The van der Waals surface area contributed by atoms with Gasteiger partial charge in [0, 0.05) is 36.2 Å². The predicted octanol–water partition coefficient (Wildman–Crippen LogP) is 4.61. The zero-order valence-electron chi connectivity index (χ0n) is 14.2. The van der Waals surface area contributed by atoms with Crippen LogP contribution in [-0.2, 0) is 4.79 Å². The van der Waals surface area contributed by atoms with Gasteiger partial charge < -0.3 is 4.90 Å². The second-order valence-electron chi connectivity index (χ2n) is 6.30. The van der Waals surface area contributed by atoms with Gasteiger partial charge in [0.15, 0.2) is 5.78 Å². The Hall–Kier alpha value is -2.46. The zero-order valence-corrected chi connectivity index (χ0v) is 15.0. The third-order valence-corrected chi connectivity index (χ3v) is 4.96. The van der Waals surface area contributed by atoms with Crippen molar-refractivity contribution < 1.29 is 14.0 Å². The maximum atomic E-state index is 13.7. The lowest BCUT2D eigenvalue weighted by Gasteiger charge is -2.30. The molecule has 3 rings (SSSR count). The number of piperidine rings is 1. The lowest BCUT2D eigenvalue weighted by atomic mass is 9.89. The monoisotopic (exact) mass is 371 g/mol. The molecular formula is C21H19ClFNO2. The van der Waals surface area contributed by atoms with Gasteiger partial charge in [-0.25, -0.2) is 4.39 Å². The van der Waals surface area contributed by atoms with Crippen molar-refractivity contribution in [3.63, 3.8) is 0 Å². The van der Waals surface area contributed by atoms with E-state index >= 15 is 0 Å². The van der Waals surface area contributed by atoms with Crippen molar-refractivity contribution in [2.45, 2.75) is 12.8 Å². The maximum absolute atomic E-state index is 13.7. The number of hydrogen-bond acceptors (Lipinski definition) is 2. The summed E-state index contributed by atoms with van der Waals surface area (Å²) < 4.78 is 13.7. The van der Waals surface area contributed by atoms with Crippen LogP contribution in [0.3, 0.4) is 0 Å². The number of hydrogen-bond donors (Lipinski definition) is 0. The molecule has 0 aliphatic carbocycles. The van der Waals surface area contributed by atoms with Crippen LogP contribution in [0.5, 0.6) is 0 Å². The molecule has 0 atom stereocenters. The van der Waals surface area contributed by atoms with Gasteiger partial charge >= 0.3 is 0 Å². The summed E-state index contributed by atoms with van der Waals surface area (Å²) >= 11 is 5.96. The fourth-order valence-electron chi connectivity index (χ4n) is 3.13. The van der Waals surface area contributed by atoms with E-state index in [9.17, 15) is 14.0 Å². The molecule has 1 saturated heterocycles. The van der Waals surface area contributed by atoms with Crippen molar-refractivity contribution in [1.29, 1.82) is 0 Å². The summed E-state index contributed by atoms with van der Waals surface area (Å²) in [5.74, 6) is -0.596. The number of ketones is 1. The van der Waals surface area contributed by atoms with Crippen LogP contribution < -0.4 is 0 Å². The molecule has 5 heteroatoms. The average molecular weight is 372 g/mol. The fourth-order valence-corrected chi connectivity index (χ4v) is 3.36. The van der Waals surface area contributed by atoms with Gasteiger partial charge in [0.1, 0.15) is 5.82 Å². The highest BCUT2D eigenvalue weighted by molar-refractivity contribution is 6.32. The number of benzene rings is 2. The summed E-state index contributed by atoms with van der Waals surface area (Å²) in [7, 11) is 0. The Labute approximate surface area is 157 Å². The minimum absolute atomic E-state index is 0.0635. The minimum atomic E-state index is -0.464. The van der Waals surface area contributed by atoms with Crippen LogP contribution in [0.2, 0.25) is 5.02 Å². The average Bonchev–Trinajstić information content (AvgIpc) is 2.67. The highest BCUT2D eigenvalue weighted by atomic mass is 35.5. The van der Waals surface area contributed by atoms with Crippen LogP contribution in [-0.4, -0.2) is 29.7 Å². The van der Waals surface area contributed by atoms with E-state index in [2.05, 4.69) is 0 Å². The van der Waals surface area contributed by atoms with E-state index in [1.165, 1.54) is 24.3 Å². The third-order valence-electron chi connectivity index (χ3n) is 4.63. The van der Waals surface area contributed by atoms with Crippen molar-refractivity contribution in [2.24, 2.45) is 5.92 Å². The van der Waals surface area contributed by atoms with E-state index in [4.69, 9.17) is 11.6 Å². The van der Waals surface area contributed by atoms with Crippen molar-refractivity contribution in [3.05, 3.63) is 76.6 Å². The number of carbonyl (C=O) groups is 2. The summed E-state index contributed by atoms with van der Waals surface area (Å²) in [5.41, 5.74) is 0.919. The summed E-state index contributed by atoms with van der Waals surface area (Å²) in [4.78, 5) is 26.5. The summed E-state index contributed by atoms with van der Waals surface area (Å²) in [6.07, 6.45) is 4.01. The molecule has 0 saturated carbocycles. The number of halogens is 2. The van der Waals surface area contributed by atoms with E-state index in [1.807, 2.05) is 30.3 Å². The lowest BCUT2D eigenvalue weighted by molar-refractivity contribution is -0.127. The Kier molecular flexibility index (Phi) is 5.84. The molecule has 2 aromatic rings. The van der Waals surface area contributed by atoms with Gasteiger partial charge in [-0.15, -0.1) is 0 Å². The van der Waals surface area contributed by atoms with Crippen molar-refractivity contribution >= 4 is 29.4 Å². The lowest BCUT2D eigenvalue weighted by Crippen LogP contribution is -2.39. The number of Topliss-reactive ketones (excluding diaryl/α,β-unsaturated/α-hetero) is 1. The van der Waals surface area contributed by atoms with Crippen LogP contribution in [0.1, 0.15) is 28.8 Å². The van der Waals surface area contributed by atoms with Gasteiger partial charge in [-0.3, -0.25) is 9.59 Å². The first-order chi connectivity index (χ1) is 12.6. The molecule has 0 unspecified atom stereocenters. The van der Waals surface area contributed by atoms with Gasteiger partial charge in [0.05, 0.1) is 5.02 Å². The van der Waals surface area contributed by atoms with Gasteiger partial charge in [0.25, 0.3) is 0 Å². The first-order valence-electron chi connectivity index (χ1n) is 8.56. The van der Waals surface area contributed by atoms with E-state index in [-0.39, 0.29) is 28.2 Å². The molecule has 134 valence electrons. The first kappa shape index (κ1) is 18.3. The van der Waals surface area contributed by atoms with Crippen LogP contribution in [0.4, 0.5) is 4.39 Å². The summed E-state index contributed by atoms with van der Waals surface area (Å²) in [6, 6.07) is 13.6. The molecule has 1 fully saturated rings. The Morgan fingerprint density at radius 3 is 2.38 bits per heavy atom. The van der Waals surface area contributed by atoms with Crippen LogP contribution >= 0.6 is 11.6 Å². The van der Waals surface area contributed by atoms with Crippen LogP contribution in [0.15, 0.2) is 54.6 Å². The molecule has 0 aromatic heterocycles. The minimum Gasteiger partial charge on any atom is -0.339 e. The Balaban J connectivity index is 1.59. The first-order valence-corrected chi connectivity index (χ1v) is 8.94. The third kappa shape index (κ3) is 4.20. The smallest absolute Gasteiger partial charge is 0.246 e. The molecule has 1 amide bonds. The molecule has 1 aliphatic heterocycles. The standard InChI is InChI=1S/C21H19ClFNO2/c22-18-7-4-8-19(23)17(18)9-10-20(25)24-13-11-16(12-14-24)21(26)15-5-2-1-3-6-15/h1-10,16H,11-14H2/b10-9+. The number of rotatable bonds is 4. The quantitative estimate of drug-likeness (QED) is 0.581. The molecule has 26 heavy (non-hydrogen) atoms. The number of likely N-dealkylation sites (tertiary alicyclic amines) is 1. The highest BCUT2D eigenvalue weighted by Gasteiger charge is 2.27. The van der Waals surface area contributed by atoms with Gasteiger partial charge in [-0.1, -0.05) is 48.0 Å². The molecule has 0 radical (unpaired) electrons. The topological polar surface area (TPSA) is 37.4 Å². The van der Waals surface area contributed by atoms with E-state index in [1.54, 1.807) is 11.0 Å². The number of nitrogens with zero attached hydrogens (tertiary/aromatic N) is 1. The molecule has 3 nitrogen and oxygen atoms in total. The molecule has 1 heterocycles. The second kappa shape index (κ2) is 8.28. The number of amides is 1. The van der Waals surface area contributed by atoms with Crippen LogP contribution in [0, 0.1) is 11.7 Å². The molecular weight excluding hydrogens is 353 g/mol. The van der Waals surface area contributed by atoms with Gasteiger partial charge in [-0.2, -0.15) is 0 Å². The Bertz CT molecular complexity index is 807. The van der Waals surface area contributed by atoms with Gasteiger partial charge in [0.2, 0.25) is 5.91 Å². The fraction of sp³-hybridized carbons (Fsp3) is 0.238. The summed E-state index contributed by atoms with van der Waals surface area (Å²) in [6.45, 7) is 1.02. The normalized spacial score (nSPS) is 15.4. The number of carbonyl (C=O) groups excluding carboxylic acids is 2. The second-order valence-corrected chi connectivity index (χ2v) is 6.71. The molecule has 0 bridgehead atoms. The summed E-state index contributed by atoms with van der Waals surface area (Å²) in [5, 5.41) is 0.265. The van der Waals surface area contributed by atoms with Crippen molar-refractivity contribution in [2.75, 3.05) is 13.1 Å². The molecule has 0 N–H and O–H groups in total. The zero-order chi connectivity index (χ0) is 18.5. The molecule has 0 spiro atoms. The maximum Gasteiger partial charge on any atom is 0.246 e. The Morgan fingerprint density at radius 2 is 1.73 bits per heavy atom. The van der Waals surface area contributed by atoms with Crippen LogP contribution in [0.25, 0.3) is 6.08 Å². The van der Waals surface area contributed by atoms with E-state index < -0.39 is 5.82 Å². The molecule has 2 aromatic carbocycles. The SMILES string of the molecule is O=C(c1ccccc1)C1CCN(C(=O)/C=C/c2c(F)cccc2Cl)CC1. The van der Waals surface area contributed by atoms with Crippen molar-refractivity contribution in [3.8, 4) is 0 Å². The Morgan fingerprint density at radius 1 is 1.04 bits per heavy atom. The predicted molar refractivity (Wildman–Crippen MR) is 101 cm³/mol. The van der Waals surface area contributed by atoms with E-state index in [0.717, 1.165) is 0 Å². The highest BCUT2D eigenvalue weighted by Crippen LogP contribution is 2.23. The van der Waals surface area contributed by atoms with Crippen molar-refractivity contribution in [1.82, 2.24) is 4.90 Å².